The second-order valence-corrected chi connectivity index (χ2v) is 5.26. The molecular weight excluding hydrogens is 244 g/mol. The van der Waals surface area contributed by atoms with Crippen LogP contribution in [0.15, 0.2) is 0 Å². The van der Waals surface area contributed by atoms with Gasteiger partial charge in [0.2, 0.25) is 0 Å². The lowest BCUT2D eigenvalue weighted by Crippen LogP contribution is -2.19. The zero-order chi connectivity index (χ0) is 14.1. The number of rotatable bonds is 2. The van der Waals surface area contributed by atoms with Gasteiger partial charge in [-0.05, 0) is 38.0 Å². The largest absolute Gasteiger partial charge is 0.465 e. The molecule has 0 aliphatic carbocycles. The first kappa shape index (κ1) is 16.0. The van der Waals surface area contributed by atoms with Gasteiger partial charge in [-0.3, -0.25) is 9.59 Å². The van der Waals surface area contributed by atoms with Crippen LogP contribution < -0.4 is 0 Å². The molecule has 2 unspecified atom stereocenters. The lowest BCUT2D eigenvalue weighted by molar-refractivity contribution is -0.150. The number of hydrogen-bond donors (Lipinski definition) is 0. The van der Waals surface area contributed by atoms with E-state index < -0.39 is 0 Å². The van der Waals surface area contributed by atoms with Crippen LogP contribution in [-0.4, -0.2) is 24.6 Å². The summed E-state index contributed by atoms with van der Waals surface area (Å²) in [6.07, 6.45) is 5.84. The number of carbonyl (C=O) groups excluding carboxylic acids is 2. The molecule has 0 bridgehead atoms. The van der Waals surface area contributed by atoms with Crippen molar-refractivity contribution < 1.29 is 19.1 Å². The predicted molar refractivity (Wildman–Crippen MR) is 72.6 cm³/mol. The van der Waals surface area contributed by atoms with Gasteiger partial charge in [0, 0.05) is 12.8 Å². The molecule has 0 spiro atoms. The first-order valence-corrected chi connectivity index (χ1v) is 7.50. The van der Waals surface area contributed by atoms with Gasteiger partial charge in [-0.15, -0.1) is 0 Å². The standard InChI is InChI=1S/C15H26O4/c1-3-12-9-10-13(4-2)19-15(17)8-6-5-7-14(16)18-11-12/h12-13H,3-11H2,1-2H3. The predicted octanol–water partition coefficient (Wildman–Crippen LogP) is 3.23. The molecule has 0 N–H and O–H groups in total. The Morgan fingerprint density at radius 2 is 1.68 bits per heavy atom. The Labute approximate surface area is 115 Å². The average molecular weight is 270 g/mol. The van der Waals surface area contributed by atoms with Crippen molar-refractivity contribution in [2.24, 2.45) is 5.92 Å². The van der Waals surface area contributed by atoms with E-state index in [4.69, 9.17) is 9.47 Å². The highest BCUT2D eigenvalue weighted by atomic mass is 16.5. The minimum absolute atomic E-state index is 0.0120. The Hall–Kier alpha value is -1.06. The van der Waals surface area contributed by atoms with Gasteiger partial charge in [-0.2, -0.15) is 0 Å². The Kier molecular flexibility index (Phi) is 7.53. The molecule has 2 atom stereocenters. The third kappa shape index (κ3) is 6.60. The van der Waals surface area contributed by atoms with Crippen molar-refractivity contribution >= 4 is 11.9 Å². The third-order valence-corrected chi connectivity index (χ3v) is 3.72. The monoisotopic (exact) mass is 270 g/mol. The molecule has 1 aliphatic rings. The normalized spacial score (nSPS) is 27.5. The summed E-state index contributed by atoms with van der Waals surface area (Å²) in [7, 11) is 0. The Bertz CT molecular complexity index is 288. The van der Waals surface area contributed by atoms with Crippen molar-refractivity contribution in [3.8, 4) is 0 Å². The number of carbonyl (C=O) groups is 2. The summed E-state index contributed by atoms with van der Waals surface area (Å²) in [5, 5.41) is 0. The van der Waals surface area contributed by atoms with E-state index in [1.165, 1.54) is 0 Å². The quantitative estimate of drug-likeness (QED) is 0.723. The topological polar surface area (TPSA) is 52.6 Å². The van der Waals surface area contributed by atoms with Gasteiger partial charge in [-0.1, -0.05) is 20.3 Å². The molecule has 4 heteroatoms. The Balaban J connectivity index is 2.56. The van der Waals surface area contributed by atoms with E-state index in [1.807, 2.05) is 6.92 Å². The maximum Gasteiger partial charge on any atom is 0.306 e. The number of esters is 2. The molecule has 0 aromatic carbocycles. The van der Waals surface area contributed by atoms with E-state index in [0.717, 1.165) is 25.7 Å². The molecule has 0 radical (unpaired) electrons. The van der Waals surface area contributed by atoms with Crippen LogP contribution in [0.1, 0.15) is 65.2 Å². The molecule has 0 aromatic heterocycles. The SMILES string of the molecule is CCC1CCC(CC)OC(=O)CCCCC(=O)OC1. The number of ether oxygens (including phenoxy) is 2. The van der Waals surface area contributed by atoms with Crippen LogP contribution in [0.4, 0.5) is 0 Å². The van der Waals surface area contributed by atoms with Crippen LogP contribution in [0.5, 0.6) is 0 Å². The van der Waals surface area contributed by atoms with Crippen LogP contribution in [0.3, 0.4) is 0 Å². The summed E-state index contributed by atoms with van der Waals surface area (Å²) < 4.78 is 10.8. The summed E-state index contributed by atoms with van der Waals surface area (Å²) in [4.78, 5) is 23.2. The highest BCUT2D eigenvalue weighted by Gasteiger charge is 2.17. The molecule has 1 aliphatic heterocycles. The van der Waals surface area contributed by atoms with Gasteiger partial charge >= 0.3 is 11.9 Å². The molecule has 1 saturated heterocycles. The van der Waals surface area contributed by atoms with Crippen molar-refractivity contribution in [2.75, 3.05) is 6.61 Å². The summed E-state index contributed by atoms with van der Waals surface area (Å²) in [5.74, 6) is 0.100. The van der Waals surface area contributed by atoms with E-state index in [0.29, 0.717) is 38.2 Å². The van der Waals surface area contributed by atoms with Crippen molar-refractivity contribution in [3.63, 3.8) is 0 Å². The van der Waals surface area contributed by atoms with Crippen LogP contribution in [0.25, 0.3) is 0 Å². The summed E-state index contributed by atoms with van der Waals surface area (Å²) in [6.45, 7) is 4.64. The van der Waals surface area contributed by atoms with Gasteiger partial charge in [0.05, 0.1) is 6.61 Å². The second-order valence-electron chi connectivity index (χ2n) is 5.26. The van der Waals surface area contributed by atoms with Gasteiger partial charge in [0.15, 0.2) is 0 Å². The first-order chi connectivity index (χ1) is 9.15. The lowest BCUT2D eigenvalue weighted by atomic mass is 9.98. The highest BCUT2D eigenvalue weighted by molar-refractivity contribution is 5.70. The molecule has 1 heterocycles. The van der Waals surface area contributed by atoms with Crippen LogP contribution in [0.2, 0.25) is 0 Å². The average Bonchev–Trinajstić information content (AvgIpc) is 2.42. The smallest absolute Gasteiger partial charge is 0.306 e. The molecule has 1 fully saturated rings. The third-order valence-electron chi connectivity index (χ3n) is 3.72. The molecular formula is C15H26O4. The molecule has 0 saturated carbocycles. The van der Waals surface area contributed by atoms with Gasteiger partial charge < -0.3 is 9.47 Å². The Morgan fingerprint density at radius 3 is 2.32 bits per heavy atom. The van der Waals surface area contributed by atoms with E-state index in [1.54, 1.807) is 0 Å². The van der Waals surface area contributed by atoms with Crippen LogP contribution >= 0.6 is 0 Å². The maximum atomic E-state index is 11.6. The van der Waals surface area contributed by atoms with E-state index >= 15 is 0 Å². The van der Waals surface area contributed by atoms with Crippen molar-refractivity contribution in [1.29, 1.82) is 0 Å². The van der Waals surface area contributed by atoms with Crippen molar-refractivity contribution in [3.05, 3.63) is 0 Å². The van der Waals surface area contributed by atoms with Crippen molar-refractivity contribution in [1.82, 2.24) is 0 Å². The minimum Gasteiger partial charge on any atom is -0.465 e. The minimum atomic E-state index is -0.141. The van der Waals surface area contributed by atoms with Gasteiger partial charge in [0.1, 0.15) is 6.10 Å². The fourth-order valence-corrected chi connectivity index (χ4v) is 2.24. The molecule has 0 amide bonds. The van der Waals surface area contributed by atoms with E-state index in [9.17, 15) is 9.59 Å². The second kappa shape index (κ2) is 8.94. The van der Waals surface area contributed by atoms with E-state index in [-0.39, 0.29) is 18.0 Å². The maximum absolute atomic E-state index is 11.6. The molecule has 110 valence electrons. The lowest BCUT2D eigenvalue weighted by Gasteiger charge is -2.19. The summed E-state index contributed by atoms with van der Waals surface area (Å²) in [6, 6.07) is 0. The Morgan fingerprint density at radius 1 is 1.00 bits per heavy atom. The molecule has 19 heavy (non-hydrogen) atoms. The fourth-order valence-electron chi connectivity index (χ4n) is 2.24. The first-order valence-electron chi connectivity index (χ1n) is 7.50. The fraction of sp³-hybridized carbons (Fsp3) is 0.867. The zero-order valence-electron chi connectivity index (χ0n) is 12.2. The summed E-state index contributed by atoms with van der Waals surface area (Å²) in [5.41, 5.74) is 0. The molecule has 4 nitrogen and oxygen atoms in total. The number of cyclic esters (lactones) is 2. The molecule has 0 aromatic rings. The summed E-state index contributed by atoms with van der Waals surface area (Å²) >= 11 is 0. The number of hydrogen-bond acceptors (Lipinski definition) is 4. The molecule has 1 rings (SSSR count). The van der Waals surface area contributed by atoms with Crippen LogP contribution in [-0.2, 0) is 19.1 Å². The zero-order valence-corrected chi connectivity index (χ0v) is 12.2. The van der Waals surface area contributed by atoms with Crippen LogP contribution in [0, 0.1) is 5.92 Å². The van der Waals surface area contributed by atoms with Crippen molar-refractivity contribution in [2.45, 2.75) is 71.3 Å². The van der Waals surface area contributed by atoms with Gasteiger partial charge in [0.25, 0.3) is 0 Å². The van der Waals surface area contributed by atoms with Gasteiger partial charge in [-0.25, -0.2) is 0 Å². The highest BCUT2D eigenvalue weighted by Crippen LogP contribution is 2.18. The van der Waals surface area contributed by atoms with E-state index in [2.05, 4.69) is 6.92 Å².